The van der Waals surface area contributed by atoms with E-state index in [0.29, 0.717) is 0 Å². The van der Waals surface area contributed by atoms with Gasteiger partial charge in [0, 0.05) is 62.7 Å². The van der Waals surface area contributed by atoms with Crippen molar-refractivity contribution in [3.63, 3.8) is 0 Å². The van der Waals surface area contributed by atoms with E-state index >= 15 is 0 Å². The Balaban J connectivity index is 1.19. The Morgan fingerprint density at radius 1 is 0.543 bits per heavy atom. The van der Waals surface area contributed by atoms with Crippen molar-refractivity contribution < 1.29 is 0 Å². The largest absolute Gasteiger partial charge is 0.310 e. The highest BCUT2D eigenvalue weighted by Crippen LogP contribution is 2.67. The zero-order valence-electron chi connectivity index (χ0n) is 25.4. The second kappa shape index (κ2) is 9.31. The standard InChI is InChI=1S/C43H31NS2/c1-4-11-35-34(10-1)42-36(43(35)25-26-16-17-27(43)22-26)12-7-13-37(42)44(28-18-20-32-30-8-2-5-14-38(30)45-40(32)23-28)29-19-21-33-31-9-3-6-15-39(31)46-41(33)24-29/h1-15,18-21,23-24,26-27H,16-17,22,25H2. The normalized spacial score (nSPS) is 21.2. The maximum Gasteiger partial charge on any atom is 0.0543 e. The predicted molar refractivity (Wildman–Crippen MR) is 199 cm³/mol. The minimum absolute atomic E-state index is 0.154. The van der Waals surface area contributed by atoms with Crippen LogP contribution in [0.1, 0.15) is 36.8 Å². The van der Waals surface area contributed by atoms with Gasteiger partial charge in [0.1, 0.15) is 0 Å². The Labute approximate surface area is 276 Å². The minimum Gasteiger partial charge on any atom is -0.310 e. The van der Waals surface area contributed by atoms with Crippen LogP contribution in [0.15, 0.2) is 127 Å². The average molecular weight is 626 g/mol. The topological polar surface area (TPSA) is 3.24 Å². The molecule has 0 N–H and O–H groups in total. The van der Waals surface area contributed by atoms with Crippen LogP contribution in [0.25, 0.3) is 51.5 Å². The molecule has 2 saturated carbocycles. The number of rotatable bonds is 3. The van der Waals surface area contributed by atoms with E-state index in [4.69, 9.17) is 0 Å². The zero-order valence-corrected chi connectivity index (χ0v) is 27.0. The van der Waals surface area contributed by atoms with E-state index in [0.717, 1.165) is 11.8 Å². The lowest BCUT2D eigenvalue weighted by Gasteiger charge is -2.37. The van der Waals surface area contributed by atoms with Crippen LogP contribution in [0.5, 0.6) is 0 Å². The van der Waals surface area contributed by atoms with E-state index in [-0.39, 0.29) is 5.41 Å². The van der Waals surface area contributed by atoms with Crippen LogP contribution in [0.2, 0.25) is 0 Å². The summed E-state index contributed by atoms with van der Waals surface area (Å²) in [6.45, 7) is 0. The van der Waals surface area contributed by atoms with Gasteiger partial charge in [-0.05, 0) is 90.3 Å². The number of anilines is 3. The molecule has 2 bridgehead atoms. The molecular weight excluding hydrogens is 595 g/mol. The third-order valence-electron chi connectivity index (χ3n) is 11.5. The lowest BCUT2D eigenvalue weighted by molar-refractivity contribution is 0.327. The Kier molecular flexibility index (Phi) is 5.21. The fourth-order valence-corrected chi connectivity index (χ4v) is 12.0. The molecule has 3 unspecified atom stereocenters. The van der Waals surface area contributed by atoms with Gasteiger partial charge in [-0.1, -0.05) is 91.3 Å². The average Bonchev–Trinajstić information content (AvgIpc) is 3.92. The summed E-state index contributed by atoms with van der Waals surface area (Å²) in [6.07, 6.45) is 5.44. The van der Waals surface area contributed by atoms with E-state index in [2.05, 4.69) is 132 Å². The SMILES string of the molecule is c1ccc2c(c1)-c1c(N(c3ccc4c(c3)sc3ccccc34)c3ccc4c(c3)sc3ccccc34)cccc1C21CC2CCC1C2. The van der Waals surface area contributed by atoms with Gasteiger partial charge in [0.05, 0.1) is 5.69 Å². The molecule has 0 aliphatic heterocycles. The number of nitrogens with zero attached hydrogens (tertiary/aromatic N) is 1. The minimum atomic E-state index is 0.154. The van der Waals surface area contributed by atoms with Crippen molar-refractivity contribution in [1.29, 1.82) is 0 Å². The van der Waals surface area contributed by atoms with Crippen LogP contribution in [0.4, 0.5) is 17.1 Å². The smallest absolute Gasteiger partial charge is 0.0543 e. The van der Waals surface area contributed by atoms with Crippen molar-refractivity contribution in [3.05, 3.63) is 139 Å². The molecule has 3 aliphatic rings. The summed E-state index contributed by atoms with van der Waals surface area (Å²) in [5.74, 6) is 1.60. The first-order valence-electron chi connectivity index (χ1n) is 16.6. The van der Waals surface area contributed by atoms with Crippen molar-refractivity contribution >= 4 is 80.1 Å². The molecule has 3 aliphatic carbocycles. The van der Waals surface area contributed by atoms with E-state index in [1.165, 1.54) is 94.2 Å². The third kappa shape index (κ3) is 3.35. The van der Waals surface area contributed by atoms with Crippen LogP contribution in [0, 0.1) is 11.8 Å². The van der Waals surface area contributed by atoms with Crippen molar-refractivity contribution in [2.75, 3.05) is 4.90 Å². The summed E-state index contributed by atoms with van der Waals surface area (Å²) in [7, 11) is 0. The number of thiophene rings is 2. The van der Waals surface area contributed by atoms with E-state index in [1.807, 2.05) is 22.7 Å². The van der Waals surface area contributed by atoms with E-state index in [9.17, 15) is 0 Å². The number of benzene rings is 6. The zero-order chi connectivity index (χ0) is 30.0. The molecule has 6 aromatic carbocycles. The van der Waals surface area contributed by atoms with Gasteiger partial charge < -0.3 is 4.90 Å². The highest BCUT2D eigenvalue weighted by molar-refractivity contribution is 7.26. The molecule has 2 heterocycles. The first-order valence-corrected chi connectivity index (χ1v) is 18.3. The molecule has 8 aromatic rings. The van der Waals surface area contributed by atoms with Crippen LogP contribution in [0.3, 0.4) is 0 Å². The number of fused-ring (bicyclic) bond motifs is 14. The first-order chi connectivity index (χ1) is 22.8. The molecule has 3 atom stereocenters. The van der Waals surface area contributed by atoms with Gasteiger partial charge in [0.2, 0.25) is 0 Å². The Hall–Kier alpha value is -4.44. The van der Waals surface area contributed by atoms with Crippen molar-refractivity contribution in [2.45, 2.75) is 31.1 Å². The van der Waals surface area contributed by atoms with Crippen molar-refractivity contribution in [1.82, 2.24) is 0 Å². The lowest BCUT2D eigenvalue weighted by Crippen LogP contribution is -2.31. The molecule has 0 saturated heterocycles. The van der Waals surface area contributed by atoms with Crippen LogP contribution in [-0.4, -0.2) is 0 Å². The van der Waals surface area contributed by atoms with Crippen molar-refractivity contribution in [2.24, 2.45) is 11.8 Å². The van der Waals surface area contributed by atoms with Crippen molar-refractivity contribution in [3.8, 4) is 11.1 Å². The molecule has 0 amide bonds. The van der Waals surface area contributed by atoms with Crippen LogP contribution in [-0.2, 0) is 5.41 Å². The molecule has 0 radical (unpaired) electrons. The summed E-state index contributed by atoms with van der Waals surface area (Å²) in [5, 5.41) is 5.38. The Bertz CT molecular complexity index is 2420. The van der Waals surface area contributed by atoms with Gasteiger partial charge in [0.15, 0.2) is 0 Å². The molecule has 1 nitrogen and oxygen atoms in total. The van der Waals surface area contributed by atoms with Crippen LogP contribution >= 0.6 is 22.7 Å². The van der Waals surface area contributed by atoms with Gasteiger partial charge in [-0.2, -0.15) is 0 Å². The monoisotopic (exact) mass is 625 g/mol. The van der Waals surface area contributed by atoms with Gasteiger partial charge in [-0.3, -0.25) is 0 Å². The Morgan fingerprint density at radius 2 is 1.15 bits per heavy atom. The highest BCUT2D eigenvalue weighted by Gasteiger charge is 2.57. The fourth-order valence-electron chi connectivity index (χ4n) is 9.74. The molecule has 2 aromatic heterocycles. The Morgan fingerprint density at radius 3 is 1.80 bits per heavy atom. The van der Waals surface area contributed by atoms with Gasteiger partial charge in [0.25, 0.3) is 0 Å². The van der Waals surface area contributed by atoms with Gasteiger partial charge >= 0.3 is 0 Å². The molecule has 1 spiro atoms. The van der Waals surface area contributed by atoms with Crippen LogP contribution < -0.4 is 4.90 Å². The second-order valence-electron chi connectivity index (χ2n) is 13.7. The molecule has 11 rings (SSSR count). The van der Waals surface area contributed by atoms with Gasteiger partial charge in [-0.25, -0.2) is 0 Å². The summed E-state index contributed by atoms with van der Waals surface area (Å²) >= 11 is 3.80. The molecule has 220 valence electrons. The maximum absolute atomic E-state index is 2.56. The molecule has 2 fully saturated rings. The number of hydrogen-bond acceptors (Lipinski definition) is 3. The second-order valence-corrected chi connectivity index (χ2v) is 15.9. The number of hydrogen-bond donors (Lipinski definition) is 0. The summed E-state index contributed by atoms with van der Waals surface area (Å²) < 4.78 is 5.37. The molecular formula is C43H31NS2. The van der Waals surface area contributed by atoms with Gasteiger partial charge in [-0.15, -0.1) is 22.7 Å². The highest BCUT2D eigenvalue weighted by atomic mass is 32.1. The maximum atomic E-state index is 2.56. The quantitative estimate of drug-likeness (QED) is 0.189. The molecule has 3 heteroatoms. The lowest BCUT2D eigenvalue weighted by atomic mass is 9.67. The summed E-state index contributed by atoms with van der Waals surface area (Å²) in [6, 6.07) is 48.5. The summed E-state index contributed by atoms with van der Waals surface area (Å²) in [4.78, 5) is 2.56. The van der Waals surface area contributed by atoms with E-state index in [1.54, 1.807) is 11.1 Å². The predicted octanol–water partition coefficient (Wildman–Crippen LogP) is 13.0. The third-order valence-corrected chi connectivity index (χ3v) is 13.8. The van der Waals surface area contributed by atoms with E-state index < -0.39 is 0 Å². The molecule has 46 heavy (non-hydrogen) atoms. The summed E-state index contributed by atoms with van der Waals surface area (Å²) in [5.41, 5.74) is 9.92. The first kappa shape index (κ1) is 25.7. The fraction of sp³-hybridized carbons (Fsp3) is 0.163.